The van der Waals surface area contributed by atoms with Crippen LogP contribution in [0.4, 0.5) is 16.2 Å². The fourth-order valence-corrected chi connectivity index (χ4v) is 3.66. The second kappa shape index (κ2) is 10.4. The molecule has 0 aliphatic heterocycles. The number of rotatable bonds is 7. The lowest BCUT2D eigenvalue weighted by molar-refractivity contribution is 0.262. The number of hydrogen-bond acceptors (Lipinski definition) is 6. The quantitative estimate of drug-likeness (QED) is 0.379. The lowest BCUT2D eigenvalue weighted by Gasteiger charge is -2.14. The van der Waals surface area contributed by atoms with Gasteiger partial charge in [0, 0.05) is 24.0 Å². The van der Waals surface area contributed by atoms with Crippen molar-refractivity contribution >= 4 is 34.7 Å². The van der Waals surface area contributed by atoms with Crippen molar-refractivity contribution in [2.75, 3.05) is 24.9 Å². The number of nitrogens with one attached hydrogen (secondary N) is 2. The van der Waals surface area contributed by atoms with Crippen molar-refractivity contribution in [3.05, 3.63) is 87.4 Å². The van der Waals surface area contributed by atoms with E-state index in [9.17, 15) is 9.59 Å². The molecule has 0 fully saturated rings. The van der Waals surface area contributed by atoms with Crippen molar-refractivity contribution in [2.45, 2.75) is 13.5 Å². The number of pyridine rings is 1. The summed E-state index contributed by atoms with van der Waals surface area (Å²) in [6, 6.07) is 14.6. The highest BCUT2D eigenvalue weighted by atomic mass is 35.5. The van der Waals surface area contributed by atoms with Gasteiger partial charge in [-0.2, -0.15) is 0 Å². The van der Waals surface area contributed by atoms with Crippen LogP contribution in [0.1, 0.15) is 11.3 Å². The van der Waals surface area contributed by atoms with Gasteiger partial charge in [0.1, 0.15) is 29.5 Å². The van der Waals surface area contributed by atoms with E-state index in [4.69, 9.17) is 25.8 Å². The zero-order valence-corrected chi connectivity index (χ0v) is 20.1. The maximum atomic E-state index is 12.5. The Kier molecular flexibility index (Phi) is 7.07. The molecular formula is C25H23ClN4O5. The van der Waals surface area contributed by atoms with Crippen LogP contribution in [0.15, 0.2) is 65.6 Å². The predicted molar refractivity (Wildman–Crippen MR) is 134 cm³/mol. The van der Waals surface area contributed by atoms with Crippen molar-refractivity contribution in [3.63, 3.8) is 0 Å². The number of ether oxygens (including phenoxy) is 3. The Labute approximate surface area is 206 Å². The Balaban J connectivity index is 1.39. The molecule has 4 aromatic rings. The zero-order chi connectivity index (χ0) is 24.9. The number of urea groups is 1. The number of carbonyl (C=O) groups excluding carboxylic acids is 1. The van der Waals surface area contributed by atoms with E-state index in [1.54, 1.807) is 48.7 Å². The molecule has 2 aromatic heterocycles. The first-order valence-corrected chi connectivity index (χ1v) is 11.0. The highest BCUT2D eigenvalue weighted by molar-refractivity contribution is 6.32. The summed E-state index contributed by atoms with van der Waals surface area (Å²) in [6.07, 6.45) is 1.68. The molecule has 2 aromatic carbocycles. The van der Waals surface area contributed by atoms with E-state index < -0.39 is 6.03 Å². The van der Waals surface area contributed by atoms with Gasteiger partial charge in [-0.1, -0.05) is 17.7 Å². The minimum Gasteiger partial charge on any atom is -0.495 e. The van der Waals surface area contributed by atoms with Crippen LogP contribution in [-0.2, 0) is 6.61 Å². The molecule has 9 nitrogen and oxygen atoms in total. The van der Waals surface area contributed by atoms with Gasteiger partial charge in [0.2, 0.25) is 0 Å². The number of aromatic nitrogens is 2. The summed E-state index contributed by atoms with van der Waals surface area (Å²) in [6.45, 7) is 2.03. The van der Waals surface area contributed by atoms with Crippen LogP contribution in [0.25, 0.3) is 5.65 Å². The topological polar surface area (TPSA) is 103 Å². The fraction of sp³-hybridized carbons (Fsp3) is 0.160. The summed E-state index contributed by atoms with van der Waals surface area (Å²) < 4.78 is 17.7. The number of anilines is 2. The van der Waals surface area contributed by atoms with Gasteiger partial charge in [0.15, 0.2) is 0 Å². The van der Waals surface area contributed by atoms with Crippen molar-refractivity contribution in [2.24, 2.45) is 0 Å². The Hall–Kier alpha value is -4.24. The number of hydrogen-bond donors (Lipinski definition) is 2. The molecule has 35 heavy (non-hydrogen) atoms. The van der Waals surface area contributed by atoms with Crippen LogP contribution < -0.4 is 30.4 Å². The fourth-order valence-electron chi connectivity index (χ4n) is 3.42. The van der Waals surface area contributed by atoms with E-state index in [0.717, 1.165) is 5.56 Å². The number of amides is 2. The van der Waals surface area contributed by atoms with E-state index >= 15 is 0 Å². The number of nitrogens with zero attached hydrogens (tertiary/aromatic N) is 2. The number of aryl methyl sites for hydroxylation is 1. The first-order chi connectivity index (χ1) is 16.9. The van der Waals surface area contributed by atoms with E-state index in [1.165, 1.54) is 24.7 Å². The molecule has 2 amide bonds. The molecule has 4 rings (SSSR count). The van der Waals surface area contributed by atoms with Gasteiger partial charge in [0.05, 0.1) is 30.6 Å². The lowest BCUT2D eigenvalue weighted by Crippen LogP contribution is -2.19. The van der Waals surface area contributed by atoms with E-state index in [2.05, 4.69) is 15.6 Å². The minimum atomic E-state index is -0.477. The van der Waals surface area contributed by atoms with Crippen LogP contribution in [0, 0.1) is 6.92 Å². The highest BCUT2D eigenvalue weighted by Gasteiger charge is 2.13. The van der Waals surface area contributed by atoms with Crippen molar-refractivity contribution in [3.8, 4) is 17.2 Å². The van der Waals surface area contributed by atoms with Crippen LogP contribution in [-0.4, -0.2) is 29.6 Å². The third kappa shape index (κ3) is 5.47. The van der Waals surface area contributed by atoms with Gasteiger partial charge in [-0.05, 0) is 48.9 Å². The molecule has 180 valence electrons. The van der Waals surface area contributed by atoms with Gasteiger partial charge >= 0.3 is 6.03 Å². The van der Waals surface area contributed by atoms with Crippen molar-refractivity contribution in [1.82, 2.24) is 9.38 Å². The number of benzene rings is 2. The van der Waals surface area contributed by atoms with Crippen LogP contribution in [0.3, 0.4) is 0 Å². The summed E-state index contributed by atoms with van der Waals surface area (Å²) in [5, 5.41) is 5.77. The second-order valence-electron chi connectivity index (χ2n) is 7.55. The maximum Gasteiger partial charge on any atom is 0.323 e. The Morgan fingerprint density at radius 3 is 2.49 bits per heavy atom. The Bertz CT molecular complexity index is 1440. The SMILES string of the molecule is COc1cc(OC)c(NC(=O)Nc2ccc(OCc3cc(=O)n4cccc(C)c4n3)cc2)cc1Cl. The first-order valence-electron chi connectivity index (χ1n) is 10.6. The first kappa shape index (κ1) is 23.9. The summed E-state index contributed by atoms with van der Waals surface area (Å²) in [5.41, 5.74) is 2.79. The smallest absolute Gasteiger partial charge is 0.323 e. The molecule has 0 bridgehead atoms. The molecule has 0 spiro atoms. The van der Waals surface area contributed by atoms with Gasteiger partial charge in [-0.25, -0.2) is 9.78 Å². The normalized spacial score (nSPS) is 10.6. The number of methoxy groups -OCH3 is 2. The zero-order valence-electron chi connectivity index (χ0n) is 19.3. The largest absolute Gasteiger partial charge is 0.495 e. The highest BCUT2D eigenvalue weighted by Crippen LogP contribution is 2.36. The van der Waals surface area contributed by atoms with Gasteiger partial charge in [-0.3, -0.25) is 9.20 Å². The number of halogens is 1. The summed E-state index contributed by atoms with van der Waals surface area (Å²) >= 11 is 6.15. The van der Waals surface area contributed by atoms with Gasteiger partial charge in [0.25, 0.3) is 5.56 Å². The molecule has 0 unspecified atom stereocenters. The molecular weight excluding hydrogens is 472 g/mol. The van der Waals surface area contributed by atoms with Gasteiger partial charge < -0.3 is 24.8 Å². The molecule has 0 aliphatic rings. The Morgan fingerprint density at radius 2 is 1.77 bits per heavy atom. The molecule has 0 aliphatic carbocycles. The molecule has 0 saturated heterocycles. The standard InChI is InChI=1S/C25H23ClN4O5/c1-15-5-4-10-30-23(31)11-17(27-24(15)30)14-35-18-8-6-16(7-9-18)28-25(32)29-20-12-19(26)21(33-2)13-22(20)34-3/h4-13H,14H2,1-3H3,(H2,28,29,32). The van der Waals surface area contributed by atoms with Gasteiger partial charge in [-0.15, -0.1) is 0 Å². The average Bonchev–Trinajstić information content (AvgIpc) is 2.84. The number of carbonyl (C=O) groups is 1. The number of fused-ring (bicyclic) bond motifs is 1. The molecule has 0 saturated carbocycles. The summed E-state index contributed by atoms with van der Waals surface area (Å²) in [4.78, 5) is 29.3. The van der Waals surface area contributed by atoms with Crippen LogP contribution in [0.2, 0.25) is 5.02 Å². The molecule has 0 atom stereocenters. The monoisotopic (exact) mass is 494 g/mol. The van der Waals surface area contributed by atoms with E-state index in [-0.39, 0.29) is 12.2 Å². The summed E-state index contributed by atoms with van der Waals surface area (Å²) in [5.74, 6) is 1.40. The van der Waals surface area contributed by atoms with E-state index in [1.807, 2.05) is 13.0 Å². The van der Waals surface area contributed by atoms with E-state index in [0.29, 0.717) is 45.0 Å². The average molecular weight is 495 g/mol. The second-order valence-corrected chi connectivity index (χ2v) is 7.96. The molecule has 2 heterocycles. The minimum absolute atomic E-state index is 0.130. The van der Waals surface area contributed by atoms with Crippen molar-refractivity contribution < 1.29 is 19.0 Å². The van der Waals surface area contributed by atoms with Crippen molar-refractivity contribution in [1.29, 1.82) is 0 Å². The van der Waals surface area contributed by atoms with Crippen LogP contribution in [0.5, 0.6) is 17.2 Å². The third-order valence-corrected chi connectivity index (χ3v) is 5.46. The molecule has 0 radical (unpaired) electrons. The lowest BCUT2D eigenvalue weighted by atomic mass is 10.2. The predicted octanol–water partition coefficient (Wildman–Crippen LogP) is 4.90. The maximum absolute atomic E-state index is 12.5. The molecule has 10 heteroatoms. The third-order valence-electron chi connectivity index (χ3n) is 5.16. The van der Waals surface area contributed by atoms with Crippen LogP contribution >= 0.6 is 11.6 Å². The molecule has 2 N–H and O–H groups in total. The Morgan fingerprint density at radius 1 is 1.03 bits per heavy atom. The summed E-state index contributed by atoms with van der Waals surface area (Å²) in [7, 11) is 2.98.